The molecule has 1 atom stereocenters. The highest BCUT2D eigenvalue weighted by molar-refractivity contribution is 8.01. The zero-order valence-corrected chi connectivity index (χ0v) is 14.4. The van der Waals surface area contributed by atoms with E-state index < -0.39 is 0 Å². The quantitative estimate of drug-likeness (QED) is 0.614. The molecule has 2 heterocycles. The van der Waals surface area contributed by atoms with Gasteiger partial charge < -0.3 is 15.4 Å². The standard InChI is InChI=1S/C14H19N3O3S2/c1-4-9-11(12(18)20-5-2)10(17-13(19)16-9)7-22-14-15-8(3)6-21-14/h6,9H,4-5,7H2,1-3H3,(H2,16,17,19)/t9-/m0/s1. The summed E-state index contributed by atoms with van der Waals surface area (Å²) in [5, 5.41) is 7.46. The van der Waals surface area contributed by atoms with Crippen LogP contribution in [0.5, 0.6) is 0 Å². The number of thiazole rings is 1. The van der Waals surface area contributed by atoms with E-state index in [2.05, 4.69) is 15.6 Å². The fourth-order valence-electron chi connectivity index (χ4n) is 2.11. The predicted molar refractivity (Wildman–Crippen MR) is 87.0 cm³/mol. The molecule has 0 aromatic carbocycles. The Morgan fingerprint density at radius 1 is 1.50 bits per heavy atom. The number of amides is 2. The molecule has 0 bridgehead atoms. The largest absolute Gasteiger partial charge is 0.463 e. The van der Waals surface area contributed by atoms with Crippen LogP contribution in [0.3, 0.4) is 0 Å². The molecule has 0 spiro atoms. The van der Waals surface area contributed by atoms with Gasteiger partial charge in [0.05, 0.1) is 18.2 Å². The zero-order valence-electron chi connectivity index (χ0n) is 12.8. The van der Waals surface area contributed by atoms with Crippen LogP contribution in [0, 0.1) is 6.92 Å². The van der Waals surface area contributed by atoms with Crippen molar-refractivity contribution < 1.29 is 14.3 Å². The van der Waals surface area contributed by atoms with Gasteiger partial charge in [0, 0.05) is 22.5 Å². The third kappa shape index (κ3) is 4.01. The van der Waals surface area contributed by atoms with Crippen LogP contribution in [-0.4, -0.2) is 35.4 Å². The van der Waals surface area contributed by atoms with Crippen LogP contribution >= 0.6 is 23.1 Å². The van der Waals surface area contributed by atoms with Gasteiger partial charge in [-0.15, -0.1) is 11.3 Å². The first-order valence-electron chi connectivity index (χ1n) is 7.07. The minimum atomic E-state index is -0.382. The number of hydrogen-bond donors (Lipinski definition) is 2. The van der Waals surface area contributed by atoms with E-state index in [4.69, 9.17) is 4.74 Å². The summed E-state index contributed by atoms with van der Waals surface area (Å²) in [6, 6.07) is -0.604. The predicted octanol–water partition coefficient (Wildman–Crippen LogP) is 2.45. The van der Waals surface area contributed by atoms with Gasteiger partial charge in [0.25, 0.3) is 0 Å². The molecule has 0 radical (unpaired) electrons. The average Bonchev–Trinajstić information content (AvgIpc) is 2.90. The summed E-state index contributed by atoms with van der Waals surface area (Å²) in [6.07, 6.45) is 0.631. The third-order valence-corrected chi connectivity index (χ3v) is 5.25. The Kier molecular flexibility index (Phi) is 5.84. The second-order valence-corrected chi connectivity index (χ2v) is 6.80. The Morgan fingerprint density at radius 2 is 2.27 bits per heavy atom. The van der Waals surface area contributed by atoms with Gasteiger partial charge in [-0.3, -0.25) is 0 Å². The number of ether oxygens (including phenoxy) is 1. The number of carbonyl (C=O) groups excluding carboxylic acids is 2. The van der Waals surface area contributed by atoms with Crippen LogP contribution in [0.2, 0.25) is 0 Å². The number of nitrogens with zero attached hydrogens (tertiary/aromatic N) is 1. The number of rotatable bonds is 6. The smallest absolute Gasteiger partial charge is 0.337 e. The molecular formula is C14H19N3O3S2. The molecule has 2 amide bonds. The van der Waals surface area contributed by atoms with E-state index in [1.807, 2.05) is 19.2 Å². The number of urea groups is 1. The molecule has 1 aromatic heterocycles. The van der Waals surface area contributed by atoms with Crippen LogP contribution in [-0.2, 0) is 9.53 Å². The van der Waals surface area contributed by atoms with Gasteiger partial charge in [-0.2, -0.15) is 0 Å². The van der Waals surface area contributed by atoms with Crippen LogP contribution in [0.1, 0.15) is 26.0 Å². The molecule has 120 valence electrons. The molecule has 0 saturated heterocycles. The van der Waals surface area contributed by atoms with E-state index >= 15 is 0 Å². The van der Waals surface area contributed by atoms with Crippen LogP contribution in [0.15, 0.2) is 21.0 Å². The Labute approximate surface area is 137 Å². The van der Waals surface area contributed by atoms with E-state index in [0.717, 1.165) is 10.0 Å². The number of carbonyl (C=O) groups is 2. The molecule has 6 nitrogen and oxygen atoms in total. The van der Waals surface area contributed by atoms with Gasteiger partial charge in [0.15, 0.2) is 0 Å². The minimum absolute atomic E-state index is 0.286. The van der Waals surface area contributed by atoms with Crippen molar-refractivity contribution in [2.75, 3.05) is 12.4 Å². The normalized spacial score (nSPS) is 18.0. The molecule has 0 unspecified atom stereocenters. The van der Waals surface area contributed by atoms with Gasteiger partial charge in [-0.05, 0) is 20.3 Å². The lowest BCUT2D eigenvalue weighted by Gasteiger charge is -2.28. The number of aromatic nitrogens is 1. The molecule has 0 aliphatic carbocycles. The molecular weight excluding hydrogens is 322 g/mol. The van der Waals surface area contributed by atoms with Crippen molar-refractivity contribution in [2.24, 2.45) is 0 Å². The summed E-state index contributed by atoms with van der Waals surface area (Å²) >= 11 is 3.05. The summed E-state index contributed by atoms with van der Waals surface area (Å²) in [5.74, 6) is 0.0955. The molecule has 8 heteroatoms. The van der Waals surface area contributed by atoms with Gasteiger partial charge in [-0.1, -0.05) is 18.7 Å². The van der Waals surface area contributed by atoms with E-state index in [1.165, 1.54) is 11.8 Å². The lowest BCUT2D eigenvalue weighted by molar-refractivity contribution is -0.139. The van der Waals surface area contributed by atoms with Crippen molar-refractivity contribution >= 4 is 35.1 Å². The first kappa shape index (κ1) is 16.8. The first-order valence-corrected chi connectivity index (χ1v) is 8.94. The fraction of sp³-hybridized carbons (Fsp3) is 0.500. The average molecular weight is 341 g/mol. The van der Waals surface area contributed by atoms with Crippen molar-refractivity contribution in [3.8, 4) is 0 Å². The van der Waals surface area contributed by atoms with Crippen molar-refractivity contribution in [1.82, 2.24) is 15.6 Å². The molecule has 0 saturated carbocycles. The number of hydrogen-bond acceptors (Lipinski definition) is 6. The van der Waals surface area contributed by atoms with Gasteiger partial charge in [0.1, 0.15) is 4.34 Å². The molecule has 1 aromatic rings. The highest BCUT2D eigenvalue weighted by Crippen LogP contribution is 2.27. The molecule has 2 N–H and O–H groups in total. The fourth-order valence-corrected chi connectivity index (χ4v) is 3.93. The van der Waals surface area contributed by atoms with Gasteiger partial charge in [0.2, 0.25) is 0 Å². The zero-order chi connectivity index (χ0) is 16.1. The van der Waals surface area contributed by atoms with Gasteiger partial charge >= 0.3 is 12.0 Å². The lowest BCUT2D eigenvalue weighted by atomic mass is 10.0. The summed E-state index contributed by atoms with van der Waals surface area (Å²) in [4.78, 5) is 28.3. The summed E-state index contributed by atoms with van der Waals surface area (Å²) in [6.45, 7) is 5.92. The van der Waals surface area contributed by atoms with Crippen molar-refractivity contribution in [3.63, 3.8) is 0 Å². The van der Waals surface area contributed by atoms with Crippen molar-refractivity contribution in [3.05, 3.63) is 22.3 Å². The Bertz CT molecular complexity index is 598. The Balaban J connectivity index is 2.22. The highest BCUT2D eigenvalue weighted by Gasteiger charge is 2.31. The van der Waals surface area contributed by atoms with E-state index in [0.29, 0.717) is 30.1 Å². The van der Waals surface area contributed by atoms with Crippen LogP contribution in [0.4, 0.5) is 4.79 Å². The SMILES string of the molecule is CCOC(=O)C1=C(CSc2nc(C)cs2)NC(=O)N[C@H]1CC. The monoisotopic (exact) mass is 341 g/mol. The highest BCUT2D eigenvalue weighted by atomic mass is 32.2. The number of aryl methyl sites for hydroxylation is 1. The lowest BCUT2D eigenvalue weighted by Crippen LogP contribution is -2.50. The van der Waals surface area contributed by atoms with Gasteiger partial charge in [-0.25, -0.2) is 14.6 Å². The van der Waals surface area contributed by atoms with Crippen LogP contribution < -0.4 is 10.6 Å². The van der Waals surface area contributed by atoms with E-state index in [-0.39, 0.29) is 18.0 Å². The summed E-state index contributed by atoms with van der Waals surface area (Å²) in [5.41, 5.74) is 2.07. The maximum atomic E-state index is 12.2. The van der Waals surface area contributed by atoms with E-state index in [9.17, 15) is 9.59 Å². The molecule has 22 heavy (non-hydrogen) atoms. The second kappa shape index (κ2) is 7.64. The Hall–Kier alpha value is -1.54. The number of esters is 1. The van der Waals surface area contributed by atoms with E-state index in [1.54, 1.807) is 18.3 Å². The molecule has 0 fully saturated rings. The summed E-state index contributed by atoms with van der Waals surface area (Å²) in [7, 11) is 0. The van der Waals surface area contributed by atoms with Crippen LogP contribution in [0.25, 0.3) is 0 Å². The number of nitrogens with one attached hydrogen (secondary N) is 2. The Morgan fingerprint density at radius 3 is 2.86 bits per heavy atom. The molecule has 1 aliphatic heterocycles. The van der Waals surface area contributed by atoms with Crippen molar-refractivity contribution in [2.45, 2.75) is 37.6 Å². The molecule has 2 rings (SSSR count). The first-order chi connectivity index (χ1) is 10.5. The maximum absolute atomic E-state index is 12.2. The number of thioether (sulfide) groups is 1. The summed E-state index contributed by atoms with van der Waals surface area (Å²) < 4.78 is 6.04. The second-order valence-electron chi connectivity index (χ2n) is 4.72. The van der Waals surface area contributed by atoms with Crippen molar-refractivity contribution in [1.29, 1.82) is 0 Å². The molecule has 1 aliphatic rings. The maximum Gasteiger partial charge on any atom is 0.337 e. The topological polar surface area (TPSA) is 80.3 Å². The minimum Gasteiger partial charge on any atom is -0.463 e. The third-order valence-electron chi connectivity index (χ3n) is 3.08.